The molecule has 0 unspecified atom stereocenters. The Morgan fingerprint density at radius 1 is 0.839 bits per heavy atom. The van der Waals surface area contributed by atoms with Crippen molar-refractivity contribution in [2.75, 3.05) is 7.11 Å². The Kier molecular flexibility index (Phi) is 9.38. The summed E-state index contributed by atoms with van der Waals surface area (Å²) in [6.07, 6.45) is 0.108. The molecule has 31 heavy (non-hydrogen) atoms. The van der Waals surface area contributed by atoms with E-state index in [2.05, 4.69) is 10.6 Å². The van der Waals surface area contributed by atoms with Crippen molar-refractivity contribution < 1.29 is 19.1 Å². The summed E-state index contributed by atoms with van der Waals surface area (Å²) < 4.78 is 11.4. The van der Waals surface area contributed by atoms with Gasteiger partial charge in [-0.1, -0.05) is 64.1 Å². The second kappa shape index (κ2) is 12.0. The summed E-state index contributed by atoms with van der Waals surface area (Å²) in [5, 5.41) is 5.88. The van der Waals surface area contributed by atoms with Crippen LogP contribution >= 0.6 is 0 Å². The van der Waals surface area contributed by atoms with Gasteiger partial charge in [-0.05, 0) is 35.1 Å². The second-order valence-electron chi connectivity index (χ2n) is 8.45. The standard InChI is InChI=1S/C25H34N2O4/c1-17(2)13-23(28)26-25(27-24(29)14-18(3)4)20-11-12-21(30-5)22(15-20)31-16-19-9-7-6-8-10-19/h6-12,15,17-18,25H,13-14,16H2,1-5H3,(H,26,28)(H,27,29). The normalized spacial score (nSPS) is 11.0. The van der Waals surface area contributed by atoms with Crippen LogP contribution in [0.15, 0.2) is 48.5 Å². The monoisotopic (exact) mass is 426 g/mol. The first-order valence-electron chi connectivity index (χ1n) is 10.7. The number of ether oxygens (including phenoxy) is 2. The van der Waals surface area contributed by atoms with Gasteiger partial charge in [0.25, 0.3) is 0 Å². The van der Waals surface area contributed by atoms with Gasteiger partial charge in [0.2, 0.25) is 11.8 Å². The Bertz CT molecular complexity index is 826. The van der Waals surface area contributed by atoms with Gasteiger partial charge in [0.15, 0.2) is 11.5 Å². The van der Waals surface area contributed by atoms with Crippen molar-refractivity contribution in [2.24, 2.45) is 11.8 Å². The number of nitrogens with one attached hydrogen (secondary N) is 2. The van der Waals surface area contributed by atoms with Gasteiger partial charge >= 0.3 is 0 Å². The van der Waals surface area contributed by atoms with Crippen molar-refractivity contribution in [2.45, 2.75) is 53.3 Å². The number of rotatable bonds is 11. The summed E-state index contributed by atoms with van der Waals surface area (Å²) >= 11 is 0. The smallest absolute Gasteiger partial charge is 0.222 e. The lowest BCUT2D eigenvalue weighted by atomic mass is 10.1. The van der Waals surface area contributed by atoms with E-state index in [1.807, 2.05) is 64.1 Å². The molecule has 0 spiro atoms. The minimum absolute atomic E-state index is 0.118. The van der Waals surface area contributed by atoms with Crippen LogP contribution in [0.1, 0.15) is 57.8 Å². The molecule has 0 aliphatic heterocycles. The molecule has 0 aliphatic carbocycles. The van der Waals surface area contributed by atoms with Crippen LogP contribution in [-0.2, 0) is 16.2 Å². The van der Waals surface area contributed by atoms with E-state index in [4.69, 9.17) is 9.47 Å². The van der Waals surface area contributed by atoms with Gasteiger partial charge in [-0.2, -0.15) is 0 Å². The molecule has 0 bridgehead atoms. The molecule has 2 aromatic carbocycles. The molecule has 0 heterocycles. The molecule has 2 aromatic rings. The molecule has 0 aliphatic rings. The summed E-state index contributed by atoms with van der Waals surface area (Å²) in [5.74, 6) is 1.32. The maximum absolute atomic E-state index is 12.4. The fourth-order valence-corrected chi connectivity index (χ4v) is 3.11. The second-order valence-corrected chi connectivity index (χ2v) is 8.45. The zero-order chi connectivity index (χ0) is 22.8. The van der Waals surface area contributed by atoms with E-state index in [-0.39, 0.29) is 23.7 Å². The molecule has 6 nitrogen and oxygen atoms in total. The van der Waals surface area contributed by atoms with E-state index in [9.17, 15) is 9.59 Å². The van der Waals surface area contributed by atoms with Crippen LogP contribution < -0.4 is 20.1 Å². The van der Waals surface area contributed by atoms with E-state index >= 15 is 0 Å². The van der Waals surface area contributed by atoms with Crippen LogP contribution in [0.3, 0.4) is 0 Å². The number of hydrogen-bond donors (Lipinski definition) is 2. The Balaban J connectivity index is 2.25. The number of carbonyl (C=O) groups excluding carboxylic acids is 2. The first-order valence-corrected chi connectivity index (χ1v) is 10.7. The Labute approximate surface area is 185 Å². The molecule has 0 fully saturated rings. The third kappa shape index (κ3) is 8.32. The highest BCUT2D eigenvalue weighted by Gasteiger charge is 2.20. The molecule has 0 atom stereocenters. The van der Waals surface area contributed by atoms with Gasteiger partial charge < -0.3 is 20.1 Å². The van der Waals surface area contributed by atoms with Crippen molar-refractivity contribution in [1.29, 1.82) is 0 Å². The van der Waals surface area contributed by atoms with Crippen LogP contribution in [0.4, 0.5) is 0 Å². The fraction of sp³-hybridized carbons (Fsp3) is 0.440. The third-order valence-electron chi connectivity index (χ3n) is 4.56. The fourth-order valence-electron chi connectivity index (χ4n) is 3.11. The highest BCUT2D eigenvalue weighted by Crippen LogP contribution is 2.31. The molecule has 0 saturated heterocycles. The van der Waals surface area contributed by atoms with Gasteiger partial charge in [0, 0.05) is 12.8 Å². The van der Waals surface area contributed by atoms with Crippen LogP contribution in [-0.4, -0.2) is 18.9 Å². The Hall–Kier alpha value is -3.02. The van der Waals surface area contributed by atoms with Gasteiger partial charge in [-0.15, -0.1) is 0 Å². The van der Waals surface area contributed by atoms with E-state index in [1.54, 1.807) is 19.2 Å². The van der Waals surface area contributed by atoms with E-state index in [0.717, 1.165) is 11.1 Å². The van der Waals surface area contributed by atoms with Gasteiger partial charge in [-0.25, -0.2) is 0 Å². The molecule has 168 valence electrons. The maximum Gasteiger partial charge on any atom is 0.222 e. The lowest BCUT2D eigenvalue weighted by Crippen LogP contribution is -2.41. The summed E-state index contributed by atoms with van der Waals surface area (Å²) in [6, 6.07) is 15.2. The highest BCUT2D eigenvalue weighted by molar-refractivity contribution is 5.79. The Morgan fingerprint density at radius 2 is 1.42 bits per heavy atom. The predicted molar refractivity (Wildman–Crippen MR) is 122 cm³/mol. The van der Waals surface area contributed by atoms with Crippen molar-refractivity contribution in [3.05, 3.63) is 59.7 Å². The number of benzene rings is 2. The minimum Gasteiger partial charge on any atom is -0.493 e. The van der Waals surface area contributed by atoms with Crippen LogP contribution in [0.5, 0.6) is 11.5 Å². The van der Waals surface area contributed by atoms with Crippen molar-refractivity contribution in [3.63, 3.8) is 0 Å². The third-order valence-corrected chi connectivity index (χ3v) is 4.56. The van der Waals surface area contributed by atoms with Gasteiger partial charge in [0.1, 0.15) is 12.8 Å². The number of carbonyl (C=O) groups is 2. The highest BCUT2D eigenvalue weighted by atomic mass is 16.5. The lowest BCUT2D eigenvalue weighted by molar-refractivity contribution is -0.125. The first-order chi connectivity index (χ1) is 14.8. The number of hydrogen-bond acceptors (Lipinski definition) is 4. The van der Waals surface area contributed by atoms with Crippen LogP contribution in [0, 0.1) is 11.8 Å². The average Bonchev–Trinajstić information content (AvgIpc) is 2.71. The molecule has 0 saturated carbocycles. The minimum atomic E-state index is -0.650. The molecule has 2 rings (SSSR count). The topological polar surface area (TPSA) is 76.7 Å². The Morgan fingerprint density at radius 3 is 1.94 bits per heavy atom. The maximum atomic E-state index is 12.4. The first kappa shape index (κ1) is 24.3. The quantitative estimate of drug-likeness (QED) is 0.515. The molecule has 0 aromatic heterocycles. The average molecular weight is 427 g/mol. The lowest BCUT2D eigenvalue weighted by Gasteiger charge is -2.23. The number of methoxy groups -OCH3 is 1. The van der Waals surface area contributed by atoms with Crippen molar-refractivity contribution in [1.82, 2.24) is 10.6 Å². The number of amides is 2. The largest absolute Gasteiger partial charge is 0.493 e. The van der Waals surface area contributed by atoms with Crippen LogP contribution in [0.2, 0.25) is 0 Å². The molecule has 2 N–H and O–H groups in total. The van der Waals surface area contributed by atoms with Crippen LogP contribution in [0.25, 0.3) is 0 Å². The summed E-state index contributed by atoms with van der Waals surface area (Å²) in [5.41, 5.74) is 1.75. The predicted octanol–water partition coefficient (Wildman–Crippen LogP) is 4.60. The summed E-state index contributed by atoms with van der Waals surface area (Å²) in [7, 11) is 1.58. The van der Waals surface area contributed by atoms with Crippen molar-refractivity contribution >= 4 is 11.8 Å². The zero-order valence-electron chi connectivity index (χ0n) is 19.1. The molecule has 0 radical (unpaired) electrons. The molecular weight excluding hydrogens is 392 g/mol. The summed E-state index contributed by atoms with van der Waals surface area (Å²) in [6.45, 7) is 8.30. The van der Waals surface area contributed by atoms with E-state index in [0.29, 0.717) is 30.9 Å². The summed E-state index contributed by atoms with van der Waals surface area (Å²) in [4.78, 5) is 24.9. The molecule has 2 amide bonds. The van der Waals surface area contributed by atoms with Gasteiger partial charge in [-0.3, -0.25) is 9.59 Å². The van der Waals surface area contributed by atoms with Crippen molar-refractivity contribution in [3.8, 4) is 11.5 Å². The molecular formula is C25H34N2O4. The SMILES string of the molecule is COc1ccc(C(NC(=O)CC(C)C)NC(=O)CC(C)C)cc1OCc1ccccc1. The zero-order valence-corrected chi connectivity index (χ0v) is 19.1. The van der Waals surface area contributed by atoms with E-state index in [1.165, 1.54) is 0 Å². The van der Waals surface area contributed by atoms with E-state index < -0.39 is 6.17 Å². The molecule has 6 heteroatoms. The van der Waals surface area contributed by atoms with Gasteiger partial charge in [0.05, 0.1) is 7.11 Å².